The Hall–Kier alpha value is -2.90. The second-order valence-electron chi connectivity index (χ2n) is 3.97. The Bertz CT molecular complexity index is 599. The van der Waals surface area contributed by atoms with E-state index in [0.717, 1.165) is 0 Å². The number of aromatic carboxylic acids is 4. The van der Waals surface area contributed by atoms with Gasteiger partial charge in [0.05, 0.1) is 22.3 Å². The van der Waals surface area contributed by atoms with Crippen LogP contribution in [0.15, 0.2) is 0 Å². The van der Waals surface area contributed by atoms with Crippen LogP contribution >= 0.6 is 0 Å². The number of carboxylic acid groups (broad SMARTS) is 4. The minimum absolute atomic E-state index is 0.0997. The Morgan fingerprint density at radius 3 is 0.900 bits per heavy atom. The molecule has 4 N–H and O–H groups in total. The summed E-state index contributed by atoms with van der Waals surface area (Å²) < 4.78 is 0. The van der Waals surface area contributed by atoms with E-state index in [4.69, 9.17) is 20.4 Å². The first-order chi connectivity index (χ1) is 9.11. The molecule has 1 rings (SSSR count). The predicted molar refractivity (Wildman–Crippen MR) is 63.8 cm³/mol. The molecule has 0 heterocycles. The van der Waals surface area contributed by atoms with Gasteiger partial charge in [-0.1, -0.05) is 0 Å². The van der Waals surface area contributed by atoms with Gasteiger partial charge in [0, 0.05) is 0 Å². The van der Waals surface area contributed by atoms with E-state index >= 15 is 0 Å². The van der Waals surface area contributed by atoms with E-state index in [2.05, 4.69) is 0 Å². The van der Waals surface area contributed by atoms with Gasteiger partial charge in [-0.15, -0.1) is 0 Å². The van der Waals surface area contributed by atoms with Crippen molar-refractivity contribution in [1.29, 1.82) is 0 Å². The third-order valence-corrected chi connectivity index (χ3v) is 2.92. The van der Waals surface area contributed by atoms with Gasteiger partial charge in [0.2, 0.25) is 0 Å². The topological polar surface area (TPSA) is 149 Å². The molecule has 8 nitrogen and oxygen atoms in total. The summed E-state index contributed by atoms with van der Waals surface area (Å²) >= 11 is 0. The first-order valence-corrected chi connectivity index (χ1v) is 5.21. The fourth-order valence-corrected chi connectivity index (χ4v) is 1.96. The Morgan fingerprint density at radius 2 is 0.750 bits per heavy atom. The minimum atomic E-state index is -1.81. The molecule has 0 atom stereocenters. The van der Waals surface area contributed by atoms with Crippen LogP contribution in [0.3, 0.4) is 0 Å². The maximum atomic E-state index is 11.2. The van der Waals surface area contributed by atoms with Crippen molar-refractivity contribution < 1.29 is 39.6 Å². The lowest BCUT2D eigenvalue weighted by atomic mass is 9.87. The van der Waals surface area contributed by atoms with Gasteiger partial charge >= 0.3 is 23.9 Å². The number of hydrogen-bond donors (Lipinski definition) is 4. The molecular formula is C12H10O8. The normalized spacial score (nSPS) is 10.1. The molecule has 0 aliphatic carbocycles. The van der Waals surface area contributed by atoms with E-state index < -0.39 is 46.1 Å². The Morgan fingerprint density at radius 1 is 0.550 bits per heavy atom. The largest absolute Gasteiger partial charge is 0.478 e. The zero-order valence-corrected chi connectivity index (χ0v) is 10.4. The summed E-state index contributed by atoms with van der Waals surface area (Å²) in [5, 5.41) is 36.2. The van der Waals surface area contributed by atoms with Gasteiger partial charge in [-0.05, 0) is 25.0 Å². The smallest absolute Gasteiger partial charge is 0.337 e. The summed E-state index contributed by atoms with van der Waals surface area (Å²) in [7, 11) is 0. The predicted octanol–water partition coefficient (Wildman–Crippen LogP) is 1.10. The SMILES string of the molecule is Cc1c(C)c(C(=O)O)c(C(=O)O)c(C(=O)O)c1C(=O)O. The highest BCUT2D eigenvalue weighted by Crippen LogP contribution is 2.28. The second kappa shape index (κ2) is 5.00. The molecule has 0 amide bonds. The summed E-state index contributed by atoms with van der Waals surface area (Å²) in [6.07, 6.45) is 0. The summed E-state index contributed by atoms with van der Waals surface area (Å²) in [5.41, 5.74) is -3.72. The molecule has 0 saturated heterocycles. The second-order valence-corrected chi connectivity index (χ2v) is 3.97. The summed E-state index contributed by atoms with van der Waals surface area (Å²) in [6, 6.07) is 0. The van der Waals surface area contributed by atoms with E-state index in [1.807, 2.05) is 0 Å². The Balaban J connectivity index is 4.14. The van der Waals surface area contributed by atoms with Crippen molar-refractivity contribution in [2.45, 2.75) is 13.8 Å². The number of rotatable bonds is 4. The molecule has 0 unspecified atom stereocenters. The molecule has 0 aliphatic rings. The van der Waals surface area contributed by atoms with Crippen molar-refractivity contribution in [3.8, 4) is 0 Å². The summed E-state index contributed by atoms with van der Waals surface area (Å²) in [6.45, 7) is 2.45. The van der Waals surface area contributed by atoms with E-state index in [0.29, 0.717) is 0 Å². The zero-order chi connectivity index (χ0) is 15.8. The first kappa shape index (κ1) is 15.2. The lowest BCUT2D eigenvalue weighted by Gasteiger charge is -2.15. The molecule has 8 heteroatoms. The number of benzene rings is 1. The molecule has 0 fully saturated rings. The van der Waals surface area contributed by atoms with Crippen molar-refractivity contribution in [1.82, 2.24) is 0 Å². The van der Waals surface area contributed by atoms with Crippen LogP contribution in [0.1, 0.15) is 52.6 Å². The van der Waals surface area contributed by atoms with Gasteiger partial charge < -0.3 is 20.4 Å². The van der Waals surface area contributed by atoms with Crippen molar-refractivity contribution in [2.24, 2.45) is 0 Å². The van der Waals surface area contributed by atoms with Crippen molar-refractivity contribution >= 4 is 23.9 Å². The number of carboxylic acids is 4. The molecule has 20 heavy (non-hydrogen) atoms. The quantitative estimate of drug-likeness (QED) is 0.641. The van der Waals surface area contributed by atoms with E-state index in [1.54, 1.807) is 0 Å². The third kappa shape index (κ3) is 2.18. The lowest BCUT2D eigenvalue weighted by molar-refractivity contribution is 0.0618. The van der Waals surface area contributed by atoms with Crippen LogP contribution in [0.4, 0.5) is 0 Å². The monoisotopic (exact) mass is 282 g/mol. The van der Waals surface area contributed by atoms with Gasteiger partial charge in [0.1, 0.15) is 0 Å². The van der Waals surface area contributed by atoms with Gasteiger partial charge in [-0.25, -0.2) is 19.2 Å². The number of hydrogen-bond acceptors (Lipinski definition) is 4. The van der Waals surface area contributed by atoms with Crippen LogP contribution in [0.2, 0.25) is 0 Å². The van der Waals surface area contributed by atoms with Crippen LogP contribution in [-0.2, 0) is 0 Å². The lowest BCUT2D eigenvalue weighted by Crippen LogP contribution is -2.22. The average Bonchev–Trinajstić information content (AvgIpc) is 2.29. The minimum Gasteiger partial charge on any atom is -0.478 e. The van der Waals surface area contributed by atoms with Crippen LogP contribution in [0.25, 0.3) is 0 Å². The number of carbonyl (C=O) groups is 4. The van der Waals surface area contributed by atoms with Crippen LogP contribution < -0.4 is 0 Å². The molecule has 106 valence electrons. The summed E-state index contributed by atoms with van der Waals surface area (Å²) in [4.78, 5) is 44.6. The highest BCUT2D eigenvalue weighted by molar-refractivity contribution is 6.15. The van der Waals surface area contributed by atoms with Gasteiger partial charge in [-0.2, -0.15) is 0 Å². The van der Waals surface area contributed by atoms with Crippen molar-refractivity contribution in [3.63, 3.8) is 0 Å². The highest BCUT2D eigenvalue weighted by atomic mass is 16.4. The maximum absolute atomic E-state index is 11.2. The molecule has 0 aliphatic heterocycles. The standard InChI is InChI=1S/C12H10O8/c1-3-4(2)6(10(15)16)8(12(19)20)7(11(17)18)5(3)9(13)14/h1-2H3,(H,13,14)(H,15,16)(H,17,18)(H,19,20). The van der Waals surface area contributed by atoms with Crippen LogP contribution in [-0.4, -0.2) is 44.3 Å². The Kier molecular flexibility index (Phi) is 3.79. The van der Waals surface area contributed by atoms with E-state index in [9.17, 15) is 19.2 Å². The fourth-order valence-electron chi connectivity index (χ4n) is 1.96. The zero-order valence-electron chi connectivity index (χ0n) is 10.4. The average molecular weight is 282 g/mol. The molecule has 0 saturated carbocycles. The fraction of sp³-hybridized carbons (Fsp3) is 0.167. The van der Waals surface area contributed by atoms with Gasteiger partial charge in [-0.3, -0.25) is 0 Å². The molecule has 0 radical (unpaired) electrons. The highest BCUT2D eigenvalue weighted by Gasteiger charge is 2.33. The molecule has 0 bridgehead atoms. The molecular weight excluding hydrogens is 272 g/mol. The third-order valence-electron chi connectivity index (χ3n) is 2.92. The maximum Gasteiger partial charge on any atom is 0.337 e. The van der Waals surface area contributed by atoms with Gasteiger partial charge in [0.15, 0.2) is 0 Å². The van der Waals surface area contributed by atoms with Crippen LogP contribution in [0, 0.1) is 13.8 Å². The molecule has 0 spiro atoms. The van der Waals surface area contributed by atoms with Crippen LogP contribution in [0.5, 0.6) is 0 Å². The van der Waals surface area contributed by atoms with Gasteiger partial charge in [0.25, 0.3) is 0 Å². The molecule has 1 aromatic rings. The molecule has 1 aromatic carbocycles. The summed E-state index contributed by atoms with van der Waals surface area (Å²) in [5.74, 6) is -6.90. The van der Waals surface area contributed by atoms with E-state index in [1.165, 1.54) is 13.8 Å². The first-order valence-electron chi connectivity index (χ1n) is 5.21. The van der Waals surface area contributed by atoms with Crippen molar-refractivity contribution in [2.75, 3.05) is 0 Å². The Labute approximate surface area is 111 Å². The molecule has 0 aromatic heterocycles. The van der Waals surface area contributed by atoms with E-state index in [-0.39, 0.29) is 11.1 Å². The van der Waals surface area contributed by atoms with Crippen molar-refractivity contribution in [3.05, 3.63) is 33.4 Å².